The molecule has 1 atom stereocenters. The highest BCUT2D eigenvalue weighted by atomic mass is 16.6. The number of carbonyl (C=O) groups excluding carboxylic acids is 1. The second-order valence-corrected chi connectivity index (χ2v) is 4.69. The molecule has 1 aliphatic heterocycles. The molecule has 1 aromatic heterocycles. The first kappa shape index (κ1) is 14.7. The molecule has 0 bridgehead atoms. The molecule has 1 aromatic rings. The third kappa shape index (κ3) is 3.07. The molecule has 0 unspecified atom stereocenters. The number of nitro groups is 1. The Morgan fingerprint density at radius 2 is 2.14 bits per heavy atom. The maximum absolute atomic E-state index is 12.1. The van der Waals surface area contributed by atoms with Crippen molar-refractivity contribution < 1.29 is 19.6 Å². The smallest absolute Gasteiger partial charge is 0.326 e. The van der Waals surface area contributed by atoms with E-state index in [0.717, 1.165) is 22.9 Å². The number of nitrogens with zero attached hydrogens (tertiary/aromatic N) is 3. The molecule has 1 saturated heterocycles. The Balaban J connectivity index is 2.20. The van der Waals surface area contributed by atoms with Gasteiger partial charge in [-0.1, -0.05) is 0 Å². The van der Waals surface area contributed by atoms with E-state index >= 15 is 0 Å². The average molecular weight is 295 g/mol. The van der Waals surface area contributed by atoms with E-state index in [4.69, 9.17) is 5.11 Å². The topological polar surface area (TPSA) is 123 Å². The van der Waals surface area contributed by atoms with E-state index in [1.165, 1.54) is 4.90 Å². The molecule has 1 aliphatic rings. The largest absolute Gasteiger partial charge is 0.480 e. The first-order chi connectivity index (χ1) is 9.90. The highest BCUT2D eigenvalue weighted by Crippen LogP contribution is 2.18. The number of likely N-dealkylation sites (tertiary alicyclic amines) is 1. The summed E-state index contributed by atoms with van der Waals surface area (Å²) in [5.41, 5.74) is -0.862. The Morgan fingerprint density at radius 3 is 2.76 bits per heavy atom. The summed E-state index contributed by atoms with van der Waals surface area (Å²) in [6.45, 7) is -0.107. The Labute approximate surface area is 118 Å². The van der Waals surface area contributed by atoms with Gasteiger partial charge in [0.15, 0.2) is 0 Å². The van der Waals surface area contributed by atoms with Crippen LogP contribution in [-0.4, -0.2) is 44.0 Å². The number of carboxylic acids is 1. The van der Waals surface area contributed by atoms with Gasteiger partial charge in [0.1, 0.15) is 12.6 Å². The van der Waals surface area contributed by atoms with Crippen LogP contribution in [0.1, 0.15) is 12.8 Å². The summed E-state index contributed by atoms with van der Waals surface area (Å²) < 4.78 is 0.914. The lowest BCUT2D eigenvalue weighted by Crippen LogP contribution is -2.43. The van der Waals surface area contributed by atoms with Crippen molar-refractivity contribution in [2.45, 2.75) is 25.4 Å². The fourth-order valence-corrected chi connectivity index (χ4v) is 2.31. The van der Waals surface area contributed by atoms with Crippen LogP contribution in [0.3, 0.4) is 0 Å². The number of amides is 1. The summed E-state index contributed by atoms with van der Waals surface area (Å²) in [5, 5.41) is 19.7. The fraction of sp³-hybridized carbons (Fsp3) is 0.417. The van der Waals surface area contributed by atoms with E-state index in [1.807, 2.05) is 0 Å². The van der Waals surface area contributed by atoms with Gasteiger partial charge in [0.25, 0.3) is 11.2 Å². The summed E-state index contributed by atoms with van der Waals surface area (Å²) in [6.07, 6.45) is 1.92. The summed E-state index contributed by atoms with van der Waals surface area (Å²) in [4.78, 5) is 45.9. The molecule has 0 aliphatic carbocycles. The summed E-state index contributed by atoms with van der Waals surface area (Å²) in [5.74, 6) is -1.63. The van der Waals surface area contributed by atoms with Crippen molar-refractivity contribution in [3.05, 3.63) is 38.8 Å². The third-order valence-electron chi connectivity index (χ3n) is 3.34. The van der Waals surface area contributed by atoms with Crippen LogP contribution in [0, 0.1) is 10.1 Å². The highest BCUT2D eigenvalue weighted by Gasteiger charge is 2.33. The summed E-state index contributed by atoms with van der Waals surface area (Å²) in [7, 11) is 0. The standard InChI is InChI=1S/C12H13N3O6/c16-10-4-3-8(15(20)21)6-13(10)7-11(17)14-5-1-2-9(14)12(18)19/h3-4,6,9H,1-2,5,7H2,(H,18,19)/t9-/m0/s1. The Hall–Kier alpha value is -2.71. The lowest BCUT2D eigenvalue weighted by atomic mass is 10.2. The van der Waals surface area contributed by atoms with E-state index in [2.05, 4.69) is 0 Å². The van der Waals surface area contributed by atoms with Crippen molar-refractivity contribution in [1.82, 2.24) is 9.47 Å². The van der Waals surface area contributed by atoms with Crippen molar-refractivity contribution in [2.75, 3.05) is 6.54 Å². The molecule has 1 fully saturated rings. The molecule has 2 rings (SSSR count). The van der Waals surface area contributed by atoms with Gasteiger partial charge in [-0.05, 0) is 12.8 Å². The monoisotopic (exact) mass is 295 g/mol. The minimum atomic E-state index is -1.09. The van der Waals surface area contributed by atoms with Gasteiger partial charge < -0.3 is 10.0 Å². The second-order valence-electron chi connectivity index (χ2n) is 4.69. The van der Waals surface area contributed by atoms with Crippen molar-refractivity contribution >= 4 is 17.6 Å². The lowest BCUT2D eigenvalue weighted by molar-refractivity contribution is -0.385. The van der Waals surface area contributed by atoms with Gasteiger partial charge in [0.05, 0.1) is 11.1 Å². The molecule has 0 spiro atoms. The molecule has 1 amide bonds. The molecule has 9 heteroatoms. The molecule has 9 nitrogen and oxygen atoms in total. The Morgan fingerprint density at radius 1 is 1.43 bits per heavy atom. The number of carbonyl (C=O) groups is 2. The molecule has 2 heterocycles. The second kappa shape index (κ2) is 5.73. The van der Waals surface area contributed by atoms with Crippen LogP contribution < -0.4 is 5.56 Å². The summed E-state index contributed by atoms with van der Waals surface area (Å²) >= 11 is 0. The summed E-state index contributed by atoms with van der Waals surface area (Å²) in [6, 6.07) is 1.16. The normalized spacial score (nSPS) is 17.7. The number of pyridine rings is 1. The molecule has 112 valence electrons. The number of aliphatic carboxylic acids is 1. The molecule has 0 aromatic carbocycles. The lowest BCUT2D eigenvalue weighted by Gasteiger charge is -2.21. The van der Waals surface area contributed by atoms with Gasteiger partial charge >= 0.3 is 5.97 Å². The maximum atomic E-state index is 12.1. The van der Waals surface area contributed by atoms with Crippen LogP contribution in [0.2, 0.25) is 0 Å². The van der Waals surface area contributed by atoms with Crippen LogP contribution in [0.25, 0.3) is 0 Å². The Kier molecular flexibility index (Phi) is 4.01. The van der Waals surface area contributed by atoms with Gasteiger partial charge in [0, 0.05) is 18.7 Å². The van der Waals surface area contributed by atoms with E-state index in [9.17, 15) is 24.5 Å². The predicted molar refractivity (Wildman–Crippen MR) is 69.7 cm³/mol. The van der Waals surface area contributed by atoms with Crippen molar-refractivity contribution in [3.63, 3.8) is 0 Å². The predicted octanol–water partition coefficient (Wildman–Crippen LogP) is -0.168. The molecular formula is C12H13N3O6. The minimum absolute atomic E-state index is 0.305. The van der Waals surface area contributed by atoms with E-state index in [0.29, 0.717) is 19.4 Å². The number of rotatable bonds is 4. The van der Waals surface area contributed by atoms with Crippen molar-refractivity contribution in [2.24, 2.45) is 0 Å². The van der Waals surface area contributed by atoms with Gasteiger partial charge in [-0.25, -0.2) is 4.79 Å². The van der Waals surface area contributed by atoms with Gasteiger partial charge in [-0.2, -0.15) is 0 Å². The number of carboxylic acid groups (broad SMARTS) is 1. The molecule has 1 N–H and O–H groups in total. The van der Waals surface area contributed by atoms with E-state index < -0.39 is 34.9 Å². The zero-order valence-electron chi connectivity index (χ0n) is 11.0. The minimum Gasteiger partial charge on any atom is -0.480 e. The maximum Gasteiger partial charge on any atom is 0.326 e. The first-order valence-corrected chi connectivity index (χ1v) is 6.27. The van der Waals surface area contributed by atoms with Gasteiger partial charge in [0.2, 0.25) is 5.91 Å². The van der Waals surface area contributed by atoms with Crippen molar-refractivity contribution in [3.8, 4) is 0 Å². The number of aromatic nitrogens is 1. The molecular weight excluding hydrogens is 282 g/mol. The first-order valence-electron chi connectivity index (χ1n) is 6.27. The molecule has 0 radical (unpaired) electrons. The third-order valence-corrected chi connectivity index (χ3v) is 3.34. The van der Waals surface area contributed by atoms with Gasteiger partial charge in [-0.3, -0.25) is 24.3 Å². The van der Waals surface area contributed by atoms with E-state index in [1.54, 1.807) is 0 Å². The molecule has 0 saturated carbocycles. The SMILES string of the molecule is O=C(O)[C@@H]1CCCN1C(=O)Cn1cc([N+](=O)[O-])ccc1=O. The van der Waals surface area contributed by atoms with E-state index in [-0.39, 0.29) is 5.69 Å². The van der Waals surface area contributed by atoms with Crippen LogP contribution in [0.15, 0.2) is 23.1 Å². The van der Waals surface area contributed by atoms with Crippen LogP contribution in [0.4, 0.5) is 5.69 Å². The zero-order chi connectivity index (χ0) is 15.6. The fourth-order valence-electron chi connectivity index (χ4n) is 2.31. The van der Waals surface area contributed by atoms with Crippen LogP contribution in [0.5, 0.6) is 0 Å². The highest BCUT2D eigenvalue weighted by molar-refractivity contribution is 5.84. The molecule has 21 heavy (non-hydrogen) atoms. The number of hydrogen-bond donors (Lipinski definition) is 1. The number of hydrogen-bond acceptors (Lipinski definition) is 5. The van der Waals surface area contributed by atoms with Crippen LogP contribution >= 0.6 is 0 Å². The van der Waals surface area contributed by atoms with Gasteiger partial charge in [-0.15, -0.1) is 0 Å². The van der Waals surface area contributed by atoms with Crippen LogP contribution in [-0.2, 0) is 16.1 Å². The zero-order valence-corrected chi connectivity index (χ0v) is 11.0. The average Bonchev–Trinajstić information content (AvgIpc) is 2.90. The van der Waals surface area contributed by atoms with Crippen molar-refractivity contribution in [1.29, 1.82) is 0 Å². The quantitative estimate of drug-likeness (QED) is 0.607. The Bertz CT molecular complexity index is 653.